The molecule has 0 saturated carbocycles. The Labute approximate surface area is 114 Å². The second-order valence-corrected chi connectivity index (χ2v) is 4.44. The summed E-state index contributed by atoms with van der Waals surface area (Å²) < 4.78 is 0. The van der Waals surface area contributed by atoms with Crippen LogP contribution in [-0.2, 0) is 4.79 Å². The molecule has 0 aliphatic carbocycles. The minimum absolute atomic E-state index is 0.0688. The highest BCUT2D eigenvalue weighted by Gasteiger charge is 2.06. The second kappa shape index (κ2) is 8.30. The maximum absolute atomic E-state index is 11.8. The number of anilines is 1. The summed E-state index contributed by atoms with van der Waals surface area (Å²) in [4.78, 5) is 13.7. The largest absolute Gasteiger partial charge is 0.396 e. The number of unbranched alkanes of at least 4 members (excludes halogenated alkanes) is 1. The van der Waals surface area contributed by atoms with E-state index in [-0.39, 0.29) is 12.5 Å². The average molecular weight is 260 g/mol. The fourth-order valence-corrected chi connectivity index (χ4v) is 1.70. The maximum atomic E-state index is 11.8. The molecule has 0 aliphatic rings. The summed E-state index contributed by atoms with van der Waals surface area (Å²) in [5, 5.41) is 11.5. The number of likely N-dealkylation sites (N-methyl/N-ethyl adjacent to an activating group) is 1. The van der Waals surface area contributed by atoms with Crippen LogP contribution in [0.2, 0.25) is 0 Å². The minimum atomic E-state index is -0.0688. The van der Waals surface area contributed by atoms with Crippen LogP contribution in [0.15, 0.2) is 24.3 Å². The third kappa shape index (κ3) is 6.05. The number of hydrogen-bond acceptors (Lipinski definition) is 3. The van der Waals surface area contributed by atoms with E-state index in [2.05, 4.69) is 11.2 Å². The van der Waals surface area contributed by atoms with E-state index >= 15 is 0 Å². The smallest absolute Gasteiger partial charge is 0.238 e. The Morgan fingerprint density at radius 3 is 2.95 bits per heavy atom. The molecule has 1 amide bonds. The van der Waals surface area contributed by atoms with Crippen molar-refractivity contribution in [3.63, 3.8) is 0 Å². The number of nitrogens with zero attached hydrogens (tertiary/aromatic N) is 1. The molecule has 0 unspecified atom stereocenters. The van der Waals surface area contributed by atoms with Crippen molar-refractivity contribution in [3.8, 4) is 12.3 Å². The van der Waals surface area contributed by atoms with Gasteiger partial charge in [0.25, 0.3) is 0 Å². The van der Waals surface area contributed by atoms with Crippen molar-refractivity contribution < 1.29 is 9.90 Å². The number of aliphatic hydroxyl groups excluding tert-OH is 1. The summed E-state index contributed by atoms with van der Waals surface area (Å²) in [6.45, 7) is 1.31. The summed E-state index contributed by atoms with van der Waals surface area (Å²) in [6, 6.07) is 7.21. The lowest BCUT2D eigenvalue weighted by atomic mass is 10.2. The molecule has 4 nitrogen and oxygen atoms in total. The van der Waals surface area contributed by atoms with Gasteiger partial charge in [-0.15, -0.1) is 6.42 Å². The Bertz CT molecular complexity index is 452. The van der Waals surface area contributed by atoms with Crippen LogP contribution in [0, 0.1) is 12.3 Å². The highest BCUT2D eigenvalue weighted by atomic mass is 16.2. The molecule has 0 aromatic heterocycles. The molecule has 0 fully saturated rings. The van der Waals surface area contributed by atoms with Gasteiger partial charge in [-0.25, -0.2) is 0 Å². The number of aliphatic hydroxyl groups is 1. The first-order valence-corrected chi connectivity index (χ1v) is 6.31. The molecule has 0 heterocycles. The lowest BCUT2D eigenvalue weighted by Gasteiger charge is -2.15. The molecule has 2 N–H and O–H groups in total. The van der Waals surface area contributed by atoms with Crippen molar-refractivity contribution in [3.05, 3.63) is 29.8 Å². The van der Waals surface area contributed by atoms with Gasteiger partial charge in [0, 0.05) is 17.9 Å². The number of amides is 1. The molecule has 0 radical (unpaired) electrons. The maximum Gasteiger partial charge on any atom is 0.238 e. The number of hydrogen-bond donors (Lipinski definition) is 2. The van der Waals surface area contributed by atoms with Gasteiger partial charge in [0.1, 0.15) is 0 Å². The fourth-order valence-electron chi connectivity index (χ4n) is 1.70. The van der Waals surface area contributed by atoms with Crippen LogP contribution >= 0.6 is 0 Å². The molecule has 1 rings (SSSR count). The molecule has 0 aliphatic heterocycles. The number of carbonyl (C=O) groups excluding carboxylic acids is 1. The predicted octanol–water partition coefficient (Wildman–Crippen LogP) is 1.31. The molecule has 0 bridgehead atoms. The standard InChI is InChI=1S/C15H20N2O2/c1-3-13-7-6-8-14(11-13)16-15(19)12-17(2)9-4-5-10-18/h1,6-8,11,18H,4-5,9-10,12H2,2H3,(H,16,19). The SMILES string of the molecule is C#Cc1cccc(NC(=O)CN(C)CCCCO)c1. The lowest BCUT2D eigenvalue weighted by molar-refractivity contribution is -0.117. The Morgan fingerprint density at radius 1 is 1.47 bits per heavy atom. The van der Waals surface area contributed by atoms with Gasteiger partial charge in [-0.1, -0.05) is 12.0 Å². The van der Waals surface area contributed by atoms with Crippen molar-refractivity contribution in [2.24, 2.45) is 0 Å². The summed E-state index contributed by atoms with van der Waals surface area (Å²) in [5.41, 5.74) is 1.46. The molecule has 0 spiro atoms. The Morgan fingerprint density at radius 2 is 2.26 bits per heavy atom. The molecule has 0 atom stereocenters. The van der Waals surface area contributed by atoms with Crippen molar-refractivity contribution in [1.29, 1.82) is 0 Å². The highest BCUT2D eigenvalue weighted by Crippen LogP contribution is 2.09. The van der Waals surface area contributed by atoms with E-state index in [1.54, 1.807) is 6.07 Å². The normalized spacial score (nSPS) is 10.2. The van der Waals surface area contributed by atoms with E-state index < -0.39 is 0 Å². The van der Waals surface area contributed by atoms with Crippen LogP contribution in [-0.4, -0.2) is 42.7 Å². The van der Waals surface area contributed by atoms with E-state index in [1.807, 2.05) is 30.1 Å². The van der Waals surface area contributed by atoms with Gasteiger partial charge >= 0.3 is 0 Å². The molecule has 19 heavy (non-hydrogen) atoms. The van der Waals surface area contributed by atoms with Crippen molar-refractivity contribution in [2.45, 2.75) is 12.8 Å². The second-order valence-electron chi connectivity index (χ2n) is 4.44. The monoisotopic (exact) mass is 260 g/mol. The quantitative estimate of drug-likeness (QED) is 0.574. The first kappa shape index (κ1) is 15.2. The zero-order valence-corrected chi connectivity index (χ0v) is 11.2. The van der Waals surface area contributed by atoms with Crippen molar-refractivity contribution >= 4 is 11.6 Å². The first-order chi connectivity index (χ1) is 9.15. The van der Waals surface area contributed by atoms with Crippen LogP contribution in [0.5, 0.6) is 0 Å². The summed E-state index contributed by atoms with van der Waals surface area (Å²) in [7, 11) is 1.88. The lowest BCUT2D eigenvalue weighted by Crippen LogP contribution is -2.31. The van der Waals surface area contributed by atoms with Crippen LogP contribution in [0.25, 0.3) is 0 Å². The van der Waals surface area contributed by atoms with Gasteiger partial charge in [-0.05, 0) is 44.6 Å². The van der Waals surface area contributed by atoms with Gasteiger partial charge in [0.15, 0.2) is 0 Å². The molecular weight excluding hydrogens is 240 g/mol. The topological polar surface area (TPSA) is 52.6 Å². The van der Waals surface area contributed by atoms with Gasteiger partial charge in [0.05, 0.1) is 6.54 Å². The zero-order valence-electron chi connectivity index (χ0n) is 11.2. The van der Waals surface area contributed by atoms with E-state index in [9.17, 15) is 4.79 Å². The summed E-state index contributed by atoms with van der Waals surface area (Å²) in [5.74, 6) is 2.46. The van der Waals surface area contributed by atoms with Gasteiger partial charge in [-0.3, -0.25) is 9.69 Å². The van der Waals surface area contributed by atoms with E-state index in [4.69, 9.17) is 11.5 Å². The third-order valence-corrected chi connectivity index (χ3v) is 2.67. The minimum Gasteiger partial charge on any atom is -0.396 e. The van der Waals surface area contributed by atoms with E-state index in [0.717, 1.165) is 24.9 Å². The molecule has 102 valence electrons. The Kier molecular flexibility index (Phi) is 6.65. The Hall–Kier alpha value is -1.83. The van der Waals surface area contributed by atoms with Gasteiger partial charge < -0.3 is 10.4 Å². The number of rotatable bonds is 7. The predicted molar refractivity (Wildman–Crippen MR) is 76.8 cm³/mol. The zero-order chi connectivity index (χ0) is 14.1. The van der Waals surface area contributed by atoms with Crippen LogP contribution in [0.1, 0.15) is 18.4 Å². The van der Waals surface area contributed by atoms with E-state index in [1.165, 1.54) is 0 Å². The molecule has 1 aromatic rings. The van der Waals surface area contributed by atoms with Crippen LogP contribution in [0.4, 0.5) is 5.69 Å². The third-order valence-electron chi connectivity index (χ3n) is 2.67. The summed E-state index contributed by atoms with van der Waals surface area (Å²) >= 11 is 0. The Balaban J connectivity index is 2.40. The van der Waals surface area contributed by atoms with Crippen molar-refractivity contribution in [2.75, 3.05) is 32.1 Å². The van der Waals surface area contributed by atoms with Crippen LogP contribution in [0.3, 0.4) is 0 Å². The van der Waals surface area contributed by atoms with Gasteiger partial charge in [-0.2, -0.15) is 0 Å². The van der Waals surface area contributed by atoms with Crippen molar-refractivity contribution in [1.82, 2.24) is 4.90 Å². The number of nitrogens with one attached hydrogen (secondary N) is 1. The fraction of sp³-hybridized carbons (Fsp3) is 0.400. The number of benzene rings is 1. The molecular formula is C15H20N2O2. The highest BCUT2D eigenvalue weighted by molar-refractivity contribution is 5.92. The van der Waals surface area contributed by atoms with Crippen LogP contribution < -0.4 is 5.32 Å². The van der Waals surface area contributed by atoms with Gasteiger partial charge in [0.2, 0.25) is 5.91 Å². The molecule has 0 saturated heterocycles. The van der Waals surface area contributed by atoms with E-state index in [0.29, 0.717) is 12.2 Å². The molecule has 4 heteroatoms. The molecule has 1 aromatic carbocycles. The average Bonchev–Trinajstić information content (AvgIpc) is 2.39. The summed E-state index contributed by atoms with van der Waals surface area (Å²) in [6.07, 6.45) is 6.95. The first-order valence-electron chi connectivity index (χ1n) is 6.31. The number of carbonyl (C=O) groups is 1. The number of terminal acetylenes is 1.